The number of nitrogens with zero attached hydrogens (tertiary/aromatic N) is 2. The van der Waals surface area contributed by atoms with E-state index in [0.29, 0.717) is 17.2 Å². The maximum Gasteiger partial charge on any atom is 0.203 e. The lowest BCUT2D eigenvalue weighted by molar-refractivity contribution is 0.324. The van der Waals surface area contributed by atoms with E-state index in [1.807, 2.05) is 12.1 Å². The largest absolute Gasteiger partial charge is 0.493 e. The zero-order valence-corrected chi connectivity index (χ0v) is 16.5. The molecule has 0 bridgehead atoms. The Kier molecular flexibility index (Phi) is 4.43. The van der Waals surface area contributed by atoms with Crippen molar-refractivity contribution in [3.05, 3.63) is 41.6 Å². The minimum absolute atomic E-state index is 0.546. The van der Waals surface area contributed by atoms with Gasteiger partial charge in [0.05, 0.1) is 49.8 Å². The number of nitrogens with one attached hydrogen (secondary N) is 2. The van der Waals surface area contributed by atoms with Gasteiger partial charge in [0.2, 0.25) is 5.75 Å². The van der Waals surface area contributed by atoms with Crippen LogP contribution in [0.5, 0.6) is 17.2 Å². The van der Waals surface area contributed by atoms with Gasteiger partial charge in [-0.25, -0.2) is 4.98 Å². The van der Waals surface area contributed by atoms with Crippen molar-refractivity contribution in [2.45, 2.75) is 13.8 Å². The van der Waals surface area contributed by atoms with Crippen LogP contribution in [0, 0.1) is 13.8 Å². The first kappa shape index (κ1) is 17.9. The van der Waals surface area contributed by atoms with Gasteiger partial charge in [-0.3, -0.25) is 5.10 Å². The van der Waals surface area contributed by atoms with Crippen molar-refractivity contribution < 1.29 is 14.2 Å². The monoisotopic (exact) mass is 378 g/mol. The van der Waals surface area contributed by atoms with Crippen LogP contribution in [0.2, 0.25) is 0 Å². The van der Waals surface area contributed by atoms with Gasteiger partial charge in [0.15, 0.2) is 11.5 Å². The number of hydrogen-bond acceptors (Lipinski definition) is 5. The molecule has 0 aliphatic rings. The molecule has 2 N–H and O–H groups in total. The number of aryl methyl sites for hydroxylation is 2. The van der Waals surface area contributed by atoms with Crippen LogP contribution in [0.1, 0.15) is 11.1 Å². The predicted octanol–water partition coefficient (Wildman–Crippen LogP) is 4.26. The molecular formula is C21H22N4O3. The summed E-state index contributed by atoms with van der Waals surface area (Å²) in [6, 6.07) is 7.97. The van der Waals surface area contributed by atoms with Crippen LogP contribution in [-0.2, 0) is 0 Å². The number of imidazole rings is 1. The highest BCUT2D eigenvalue weighted by Crippen LogP contribution is 2.42. The van der Waals surface area contributed by atoms with Crippen molar-refractivity contribution in [3.8, 4) is 39.9 Å². The fraction of sp³-hybridized carbons (Fsp3) is 0.238. The van der Waals surface area contributed by atoms with E-state index in [-0.39, 0.29) is 0 Å². The molecule has 0 radical (unpaired) electrons. The molecule has 0 spiro atoms. The number of H-pyrrole nitrogens is 2. The Labute approximate surface area is 162 Å². The lowest BCUT2D eigenvalue weighted by atomic mass is 10.1. The molecule has 4 rings (SSSR count). The fourth-order valence-electron chi connectivity index (χ4n) is 3.31. The van der Waals surface area contributed by atoms with E-state index >= 15 is 0 Å². The lowest BCUT2D eigenvalue weighted by Gasteiger charge is -2.14. The Morgan fingerprint density at radius 1 is 0.857 bits per heavy atom. The second-order valence-corrected chi connectivity index (χ2v) is 6.61. The summed E-state index contributed by atoms with van der Waals surface area (Å²) in [7, 11) is 4.78. The Morgan fingerprint density at radius 2 is 1.54 bits per heavy atom. The van der Waals surface area contributed by atoms with Gasteiger partial charge in [0.1, 0.15) is 5.82 Å². The minimum atomic E-state index is 0.546. The van der Waals surface area contributed by atoms with Gasteiger partial charge >= 0.3 is 0 Å². The van der Waals surface area contributed by atoms with E-state index in [2.05, 4.69) is 41.2 Å². The van der Waals surface area contributed by atoms with Crippen molar-refractivity contribution in [1.82, 2.24) is 20.2 Å². The second-order valence-electron chi connectivity index (χ2n) is 6.61. The molecule has 0 aliphatic carbocycles. The standard InChI is InChI=1S/C21H22N4O3/c1-11-6-15-16(7-12(11)2)24-21(23-15)14-10-22-25-19(14)13-8-17(26-3)20(28-5)18(9-13)27-4/h6-10H,1-5H3,(H,22,25)(H,23,24). The van der Waals surface area contributed by atoms with Gasteiger partial charge in [-0.1, -0.05) is 0 Å². The van der Waals surface area contributed by atoms with Crippen LogP contribution in [0.4, 0.5) is 0 Å². The number of ether oxygens (including phenoxy) is 3. The summed E-state index contributed by atoms with van der Waals surface area (Å²) in [6.45, 7) is 4.18. The number of methoxy groups -OCH3 is 3. The van der Waals surface area contributed by atoms with E-state index in [1.165, 1.54) is 11.1 Å². The maximum atomic E-state index is 5.47. The summed E-state index contributed by atoms with van der Waals surface area (Å²) in [5, 5.41) is 7.30. The molecule has 2 aromatic heterocycles. The van der Waals surface area contributed by atoms with Gasteiger partial charge in [0, 0.05) is 5.56 Å². The highest BCUT2D eigenvalue weighted by molar-refractivity contribution is 5.85. The molecule has 28 heavy (non-hydrogen) atoms. The minimum Gasteiger partial charge on any atom is -0.493 e. The van der Waals surface area contributed by atoms with E-state index in [1.54, 1.807) is 27.5 Å². The molecule has 0 unspecified atom stereocenters. The third-order valence-electron chi connectivity index (χ3n) is 4.95. The molecule has 0 saturated carbocycles. The molecule has 144 valence electrons. The van der Waals surface area contributed by atoms with Gasteiger partial charge in [0.25, 0.3) is 0 Å². The lowest BCUT2D eigenvalue weighted by Crippen LogP contribution is -1.96. The first-order valence-electron chi connectivity index (χ1n) is 8.86. The van der Waals surface area contributed by atoms with E-state index in [0.717, 1.165) is 33.7 Å². The smallest absolute Gasteiger partial charge is 0.203 e. The third-order valence-corrected chi connectivity index (χ3v) is 4.95. The van der Waals surface area contributed by atoms with Gasteiger partial charge in [-0.2, -0.15) is 5.10 Å². The Bertz CT molecular complexity index is 1100. The van der Waals surface area contributed by atoms with Crippen molar-refractivity contribution in [2.24, 2.45) is 0 Å². The summed E-state index contributed by atoms with van der Waals surface area (Å²) >= 11 is 0. The average molecular weight is 378 g/mol. The Hall–Kier alpha value is -3.48. The molecule has 0 amide bonds. The van der Waals surface area contributed by atoms with Gasteiger partial charge in [-0.15, -0.1) is 0 Å². The average Bonchev–Trinajstić information content (AvgIpc) is 3.33. The fourth-order valence-corrected chi connectivity index (χ4v) is 3.31. The quantitative estimate of drug-likeness (QED) is 0.542. The van der Waals surface area contributed by atoms with Crippen LogP contribution >= 0.6 is 0 Å². The SMILES string of the molecule is COc1cc(-c2[nH]ncc2-c2nc3cc(C)c(C)cc3[nH]2)cc(OC)c1OC. The zero-order chi connectivity index (χ0) is 19.8. The van der Waals surface area contributed by atoms with Crippen molar-refractivity contribution >= 4 is 11.0 Å². The summed E-state index contributed by atoms with van der Waals surface area (Å²) in [5.41, 5.74) is 6.88. The number of rotatable bonds is 5. The molecule has 0 fully saturated rings. The highest BCUT2D eigenvalue weighted by atomic mass is 16.5. The first-order valence-corrected chi connectivity index (χ1v) is 8.86. The second kappa shape index (κ2) is 6.92. The number of aromatic nitrogens is 4. The zero-order valence-electron chi connectivity index (χ0n) is 16.5. The van der Waals surface area contributed by atoms with E-state index < -0.39 is 0 Å². The summed E-state index contributed by atoms with van der Waals surface area (Å²) in [6.07, 6.45) is 1.76. The van der Waals surface area contributed by atoms with Gasteiger partial charge < -0.3 is 19.2 Å². The van der Waals surface area contributed by atoms with Crippen molar-refractivity contribution in [2.75, 3.05) is 21.3 Å². The molecule has 0 aliphatic heterocycles. The number of aromatic amines is 2. The number of fused-ring (bicyclic) bond motifs is 1. The van der Waals surface area contributed by atoms with E-state index in [4.69, 9.17) is 19.2 Å². The normalized spacial score (nSPS) is 11.0. The van der Waals surface area contributed by atoms with Gasteiger partial charge in [-0.05, 0) is 49.2 Å². The molecule has 0 atom stereocenters. The third kappa shape index (κ3) is 2.85. The van der Waals surface area contributed by atoms with Crippen LogP contribution in [-0.4, -0.2) is 41.5 Å². The first-order chi connectivity index (χ1) is 13.5. The van der Waals surface area contributed by atoms with E-state index in [9.17, 15) is 0 Å². The molecule has 7 nitrogen and oxygen atoms in total. The molecule has 7 heteroatoms. The topological polar surface area (TPSA) is 85.1 Å². The predicted molar refractivity (Wildman–Crippen MR) is 108 cm³/mol. The van der Waals surface area contributed by atoms with Crippen LogP contribution in [0.25, 0.3) is 33.7 Å². The molecule has 2 heterocycles. The number of benzene rings is 2. The molecular weight excluding hydrogens is 356 g/mol. The maximum absolute atomic E-state index is 5.47. The van der Waals surface area contributed by atoms with Crippen LogP contribution in [0.15, 0.2) is 30.5 Å². The van der Waals surface area contributed by atoms with Crippen LogP contribution < -0.4 is 14.2 Å². The van der Waals surface area contributed by atoms with Crippen LogP contribution in [0.3, 0.4) is 0 Å². The van der Waals surface area contributed by atoms with Crippen molar-refractivity contribution in [3.63, 3.8) is 0 Å². The molecule has 2 aromatic carbocycles. The Morgan fingerprint density at radius 3 is 2.18 bits per heavy atom. The number of hydrogen-bond donors (Lipinski definition) is 2. The summed E-state index contributed by atoms with van der Waals surface area (Å²) in [4.78, 5) is 8.16. The van der Waals surface area contributed by atoms with Crippen molar-refractivity contribution in [1.29, 1.82) is 0 Å². The molecule has 4 aromatic rings. The summed E-state index contributed by atoms with van der Waals surface area (Å²) in [5.74, 6) is 2.45. The highest BCUT2D eigenvalue weighted by Gasteiger charge is 2.19. The molecule has 0 saturated heterocycles. The summed E-state index contributed by atoms with van der Waals surface area (Å²) < 4.78 is 16.4. The Balaban J connectivity index is 1.86.